The van der Waals surface area contributed by atoms with E-state index < -0.39 is 12.0 Å². The van der Waals surface area contributed by atoms with Crippen LogP contribution in [0.4, 0.5) is 0 Å². The molecule has 1 saturated heterocycles. The summed E-state index contributed by atoms with van der Waals surface area (Å²) in [4.78, 5) is 32.0. The summed E-state index contributed by atoms with van der Waals surface area (Å²) in [7, 11) is 1.55. The van der Waals surface area contributed by atoms with E-state index in [1.807, 2.05) is 31.2 Å². The molecule has 0 radical (unpaired) electrons. The number of carbonyl (C=O) groups excluding carboxylic acids is 2. The third-order valence-electron chi connectivity index (χ3n) is 4.43. The van der Waals surface area contributed by atoms with Crippen LogP contribution in [0.5, 0.6) is 0 Å². The lowest BCUT2D eigenvalue weighted by atomic mass is 9.94. The number of amides is 1. The molecule has 8 heteroatoms. The van der Waals surface area contributed by atoms with Crippen LogP contribution in [0.15, 0.2) is 45.0 Å². The van der Waals surface area contributed by atoms with Crippen molar-refractivity contribution in [3.63, 3.8) is 0 Å². The molecule has 0 aromatic heterocycles. The second-order valence-corrected chi connectivity index (χ2v) is 8.29. The molecule has 2 aliphatic heterocycles. The Hall–Kier alpha value is -1.64. The molecule has 1 aromatic rings. The van der Waals surface area contributed by atoms with E-state index in [0.29, 0.717) is 29.5 Å². The van der Waals surface area contributed by atoms with Crippen molar-refractivity contribution >= 4 is 44.7 Å². The fourth-order valence-corrected chi connectivity index (χ4v) is 4.69. The third kappa shape index (κ3) is 3.97. The largest absolute Gasteiger partial charge is 0.460 e. The summed E-state index contributed by atoms with van der Waals surface area (Å²) in [5, 5.41) is 0.456. The number of aliphatic imine (C=N–C) groups is 1. The van der Waals surface area contributed by atoms with Gasteiger partial charge in [-0.2, -0.15) is 0 Å². The number of nitrogens with zero attached hydrogens (tertiary/aromatic N) is 2. The fraction of sp³-hybridized carbons (Fsp3) is 0.421. The lowest BCUT2D eigenvalue weighted by Crippen LogP contribution is -2.40. The van der Waals surface area contributed by atoms with Gasteiger partial charge in [-0.3, -0.25) is 9.69 Å². The molecule has 0 bridgehead atoms. The zero-order valence-electron chi connectivity index (χ0n) is 15.4. The van der Waals surface area contributed by atoms with Gasteiger partial charge < -0.3 is 9.47 Å². The van der Waals surface area contributed by atoms with Crippen molar-refractivity contribution in [2.24, 2.45) is 4.99 Å². The molecule has 0 spiro atoms. The standard InChI is InChI=1S/C19H21BrN2O4S/c1-4-14-17(23)22-16(12-6-5-7-13(20)10-12)15(11(2)21-19(22)27-14)18(24)26-9-8-25-3/h5-7,10,14,16H,4,8-9H2,1-3H3/t14-,16-/m1/s1. The lowest BCUT2D eigenvalue weighted by Gasteiger charge is -2.33. The molecule has 2 aliphatic rings. The van der Waals surface area contributed by atoms with Gasteiger partial charge in [0.05, 0.1) is 29.2 Å². The van der Waals surface area contributed by atoms with Gasteiger partial charge in [-0.05, 0) is 31.0 Å². The van der Waals surface area contributed by atoms with Gasteiger partial charge in [-0.15, -0.1) is 0 Å². The maximum absolute atomic E-state index is 13.0. The molecule has 1 aromatic carbocycles. The number of hydrogen-bond acceptors (Lipinski definition) is 6. The second-order valence-electron chi connectivity index (χ2n) is 6.20. The van der Waals surface area contributed by atoms with Crippen LogP contribution in [0.25, 0.3) is 0 Å². The summed E-state index contributed by atoms with van der Waals surface area (Å²) >= 11 is 4.93. The van der Waals surface area contributed by atoms with Gasteiger partial charge in [0.1, 0.15) is 6.61 Å². The minimum atomic E-state index is -0.554. The molecule has 2 heterocycles. The smallest absolute Gasteiger partial charge is 0.338 e. The van der Waals surface area contributed by atoms with E-state index in [0.717, 1.165) is 10.0 Å². The summed E-state index contributed by atoms with van der Waals surface area (Å²) in [6.07, 6.45) is 0.705. The summed E-state index contributed by atoms with van der Waals surface area (Å²) < 4.78 is 11.2. The Kier molecular flexibility index (Phi) is 6.39. The molecule has 1 fully saturated rings. The Balaban J connectivity index is 2.05. The average Bonchev–Trinajstić information content (AvgIpc) is 2.96. The van der Waals surface area contributed by atoms with Crippen LogP contribution in [-0.4, -0.2) is 47.5 Å². The molecule has 0 saturated carbocycles. The minimum absolute atomic E-state index is 0.0269. The molecule has 27 heavy (non-hydrogen) atoms. The molecule has 1 amide bonds. The van der Waals surface area contributed by atoms with Gasteiger partial charge in [-0.1, -0.05) is 46.7 Å². The Labute approximate surface area is 171 Å². The van der Waals surface area contributed by atoms with Crippen LogP contribution in [-0.2, 0) is 19.1 Å². The molecule has 144 valence electrons. The number of carbonyl (C=O) groups is 2. The summed E-state index contributed by atoms with van der Waals surface area (Å²) in [5.41, 5.74) is 1.80. The van der Waals surface area contributed by atoms with Gasteiger partial charge in [-0.25, -0.2) is 9.79 Å². The summed E-state index contributed by atoms with van der Waals surface area (Å²) in [6, 6.07) is 7.07. The maximum atomic E-state index is 13.0. The van der Waals surface area contributed by atoms with E-state index in [4.69, 9.17) is 9.47 Å². The lowest BCUT2D eigenvalue weighted by molar-refractivity contribution is -0.141. The van der Waals surface area contributed by atoms with Gasteiger partial charge in [0.15, 0.2) is 5.17 Å². The zero-order valence-corrected chi connectivity index (χ0v) is 17.8. The first kappa shape index (κ1) is 20.1. The number of rotatable bonds is 6. The predicted molar refractivity (Wildman–Crippen MR) is 108 cm³/mol. The first-order valence-corrected chi connectivity index (χ1v) is 10.4. The predicted octanol–water partition coefficient (Wildman–Crippen LogP) is 3.68. The number of thioether (sulfide) groups is 1. The van der Waals surface area contributed by atoms with Crippen LogP contribution in [0, 0.1) is 0 Å². The molecular weight excluding hydrogens is 432 g/mol. The molecule has 0 N–H and O–H groups in total. The van der Waals surface area contributed by atoms with E-state index in [2.05, 4.69) is 20.9 Å². The van der Waals surface area contributed by atoms with Crippen LogP contribution >= 0.6 is 27.7 Å². The number of amidine groups is 1. The minimum Gasteiger partial charge on any atom is -0.460 e. The first-order chi connectivity index (χ1) is 13.0. The van der Waals surface area contributed by atoms with E-state index >= 15 is 0 Å². The van der Waals surface area contributed by atoms with Crippen molar-refractivity contribution in [2.45, 2.75) is 31.6 Å². The Bertz CT molecular complexity index is 824. The monoisotopic (exact) mass is 452 g/mol. The van der Waals surface area contributed by atoms with E-state index in [9.17, 15) is 9.59 Å². The van der Waals surface area contributed by atoms with Gasteiger partial charge in [0.2, 0.25) is 5.91 Å². The number of ether oxygens (including phenoxy) is 2. The van der Waals surface area contributed by atoms with Crippen LogP contribution in [0.3, 0.4) is 0 Å². The second kappa shape index (κ2) is 8.58. The van der Waals surface area contributed by atoms with Gasteiger partial charge >= 0.3 is 5.97 Å². The Morgan fingerprint density at radius 1 is 1.37 bits per heavy atom. The highest BCUT2D eigenvalue weighted by Gasteiger charge is 2.47. The van der Waals surface area contributed by atoms with Crippen LogP contribution in [0.1, 0.15) is 31.9 Å². The number of benzene rings is 1. The number of methoxy groups -OCH3 is 1. The number of halogens is 1. The van der Waals surface area contributed by atoms with E-state index in [-0.39, 0.29) is 17.8 Å². The SMILES string of the molecule is CC[C@H]1SC2=NC(C)=C(C(=O)OCCOC)[C@@H](c3cccc(Br)c3)N2C1=O. The topological polar surface area (TPSA) is 68.2 Å². The molecular formula is C19H21BrN2O4S. The Morgan fingerprint density at radius 3 is 2.81 bits per heavy atom. The average molecular weight is 453 g/mol. The van der Waals surface area contributed by atoms with Gasteiger partial charge in [0, 0.05) is 11.6 Å². The Morgan fingerprint density at radius 2 is 2.15 bits per heavy atom. The van der Waals surface area contributed by atoms with Crippen LogP contribution in [0.2, 0.25) is 0 Å². The van der Waals surface area contributed by atoms with E-state index in [1.165, 1.54) is 11.8 Å². The van der Waals surface area contributed by atoms with Crippen molar-refractivity contribution in [1.82, 2.24) is 4.90 Å². The molecule has 0 unspecified atom stereocenters. The number of allylic oxidation sites excluding steroid dienone is 1. The van der Waals surface area contributed by atoms with Gasteiger partial charge in [0.25, 0.3) is 0 Å². The molecule has 0 aliphatic carbocycles. The van der Waals surface area contributed by atoms with Crippen molar-refractivity contribution < 1.29 is 19.1 Å². The molecule has 3 rings (SSSR count). The summed E-state index contributed by atoms with van der Waals surface area (Å²) in [5.74, 6) is -0.504. The highest BCUT2D eigenvalue weighted by atomic mass is 79.9. The highest BCUT2D eigenvalue weighted by molar-refractivity contribution is 9.10. The maximum Gasteiger partial charge on any atom is 0.338 e. The quantitative estimate of drug-likeness (QED) is 0.486. The fourth-order valence-electron chi connectivity index (χ4n) is 3.14. The number of hydrogen-bond donors (Lipinski definition) is 0. The third-order valence-corrected chi connectivity index (χ3v) is 6.24. The number of esters is 1. The normalized spacial score (nSPS) is 22.0. The number of fused-ring (bicyclic) bond motifs is 1. The zero-order chi connectivity index (χ0) is 19.6. The summed E-state index contributed by atoms with van der Waals surface area (Å²) in [6.45, 7) is 4.22. The van der Waals surface area contributed by atoms with Crippen LogP contribution < -0.4 is 0 Å². The first-order valence-electron chi connectivity index (χ1n) is 8.68. The van der Waals surface area contributed by atoms with Crippen molar-refractivity contribution in [3.05, 3.63) is 45.6 Å². The molecule has 2 atom stereocenters. The van der Waals surface area contributed by atoms with E-state index in [1.54, 1.807) is 18.9 Å². The molecule has 6 nitrogen and oxygen atoms in total. The van der Waals surface area contributed by atoms with Crippen molar-refractivity contribution in [3.8, 4) is 0 Å². The van der Waals surface area contributed by atoms with Crippen molar-refractivity contribution in [1.29, 1.82) is 0 Å². The van der Waals surface area contributed by atoms with Crippen molar-refractivity contribution in [2.75, 3.05) is 20.3 Å². The highest BCUT2D eigenvalue weighted by Crippen LogP contribution is 2.44.